The Balaban J connectivity index is 1.75. The van der Waals surface area contributed by atoms with E-state index in [0.717, 1.165) is 18.5 Å². The van der Waals surface area contributed by atoms with Crippen LogP contribution in [0.3, 0.4) is 0 Å². The summed E-state index contributed by atoms with van der Waals surface area (Å²) in [6.45, 7) is 1.75. The molecule has 3 heterocycles. The van der Waals surface area contributed by atoms with Gasteiger partial charge in [-0.3, -0.25) is 4.79 Å². The van der Waals surface area contributed by atoms with Gasteiger partial charge >= 0.3 is 0 Å². The van der Waals surface area contributed by atoms with Gasteiger partial charge in [0.05, 0.1) is 12.1 Å². The van der Waals surface area contributed by atoms with Crippen molar-refractivity contribution in [1.29, 1.82) is 0 Å². The molecule has 0 radical (unpaired) electrons. The molecule has 0 bridgehead atoms. The third kappa shape index (κ3) is 2.80. The smallest absolute Gasteiger partial charge is 0.225 e. The van der Waals surface area contributed by atoms with E-state index in [4.69, 9.17) is 19.9 Å². The van der Waals surface area contributed by atoms with Crippen molar-refractivity contribution in [3.8, 4) is 17.2 Å². The number of nitrogens with two attached hydrogens (primary N) is 1. The summed E-state index contributed by atoms with van der Waals surface area (Å²) in [7, 11) is 0. The van der Waals surface area contributed by atoms with Gasteiger partial charge in [-0.25, -0.2) is 9.67 Å². The molecule has 1 saturated heterocycles. The van der Waals surface area contributed by atoms with Gasteiger partial charge in [0.2, 0.25) is 5.91 Å². The Bertz CT molecular complexity index is 767. The van der Waals surface area contributed by atoms with Crippen LogP contribution in [-0.4, -0.2) is 40.5 Å². The fraction of sp³-hybridized carbons (Fsp3) is 0.438. The highest BCUT2D eigenvalue weighted by Gasteiger charge is 2.26. The molecule has 1 fully saturated rings. The predicted molar refractivity (Wildman–Crippen MR) is 83.2 cm³/mol. The van der Waals surface area contributed by atoms with E-state index >= 15 is 0 Å². The molecule has 8 heteroatoms. The molecular formula is C16H18N4O4. The number of carbonyl (C=O) groups is 1. The van der Waals surface area contributed by atoms with Gasteiger partial charge in [0.25, 0.3) is 0 Å². The summed E-state index contributed by atoms with van der Waals surface area (Å²) in [4.78, 5) is 15.7. The monoisotopic (exact) mass is 330 g/mol. The lowest BCUT2D eigenvalue weighted by molar-refractivity contribution is -0.117. The minimum Gasteiger partial charge on any atom is -0.486 e. The Morgan fingerprint density at radius 2 is 2.08 bits per heavy atom. The zero-order valence-corrected chi connectivity index (χ0v) is 13.1. The fourth-order valence-electron chi connectivity index (χ4n) is 2.94. The van der Waals surface area contributed by atoms with E-state index in [0.29, 0.717) is 43.0 Å². The lowest BCUT2D eigenvalue weighted by Gasteiger charge is -2.19. The number of amides is 1. The lowest BCUT2D eigenvalue weighted by Crippen LogP contribution is -2.16. The molecule has 1 aromatic heterocycles. The van der Waals surface area contributed by atoms with Crippen LogP contribution in [0.15, 0.2) is 18.2 Å². The summed E-state index contributed by atoms with van der Waals surface area (Å²) >= 11 is 0. The van der Waals surface area contributed by atoms with Crippen molar-refractivity contribution in [2.75, 3.05) is 19.8 Å². The van der Waals surface area contributed by atoms with Crippen LogP contribution in [0.25, 0.3) is 5.69 Å². The molecule has 0 saturated carbocycles. The first-order valence-corrected chi connectivity index (χ1v) is 7.96. The van der Waals surface area contributed by atoms with Gasteiger partial charge in [-0.2, -0.15) is 5.10 Å². The molecule has 2 N–H and O–H groups in total. The highest BCUT2D eigenvalue weighted by atomic mass is 16.6. The average molecular weight is 330 g/mol. The Morgan fingerprint density at radius 3 is 2.83 bits per heavy atom. The number of nitrogens with zero attached hydrogens (tertiary/aromatic N) is 3. The van der Waals surface area contributed by atoms with E-state index < -0.39 is 5.91 Å². The first-order chi connectivity index (χ1) is 11.7. The van der Waals surface area contributed by atoms with Gasteiger partial charge in [-0.1, -0.05) is 0 Å². The number of hydrogen-bond donors (Lipinski definition) is 1. The molecule has 126 valence electrons. The Hall–Kier alpha value is -2.61. The number of rotatable bonds is 4. The molecule has 24 heavy (non-hydrogen) atoms. The number of benzene rings is 1. The van der Waals surface area contributed by atoms with Crippen LogP contribution in [0, 0.1) is 0 Å². The maximum Gasteiger partial charge on any atom is 0.225 e. The van der Waals surface area contributed by atoms with Gasteiger partial charge in [0, 0.05) is 12.7 Å². The number of hydrogen-bond acceptors (Lipinski definition) is 6. The van der Waals surface area contributed by atoms with Crippen molar-refractivity contribution in [2.24, 2.45) is 5.73 Å². The molecule has 1 amide bonds. The quantitative estimate of drug-likeness (QED) is 0.894. The zero-order chi connectivity index (χ0) is 16.5. The van der Waals surface area contributed by atoms with Crippen LogP contribution in [0.4, 0.5) is 0 Å². The third-order valence-electron chi connectivity index (χ3n) is 4.00. The van der Waals surface area contributed by atoms with E-state index in [-0.39, 0.29) is 12.5 Å². The van der Waals surface area contributed by atoms with Crippen molar-refractivity contribution in [1.82, 2.24) is 14.8 Å². The summed E-state index contributed by atoms with van der Waals surface area (Å²) in [5.74, 6) is 1.99. The van der Waals surface area contributed by atoms with Crippen LogP contribution in [0.5, 0.6) is 11.5 Å². The van der Waals surface area contributed by atoms with Crippen molar-refractivity contribution >= 4 is 5.91 Å². The maximum absolute atomic E-state index is 11.2. The van der Waals surface area contributed by atoms with E-state index in [1.807, 2.05) is 18.2 Å². The van der Waals surface area contributed by atoms with Crippen LogP contribution >= 0.6 is 0 Å². The molecule has 1 aromatic carbocycles. The number of fused-ring (bicyclic) bond motifs is 1. The van der Waals surface area contributed by atoms with Crippen LogP contribution in [-0.2, 0) is 16.0 Å². The Kier molecular flexibility index (Phi) is 3.81. The van der Waals surface area contributed by atoms with Crippen molar-refractivity contribution < 1.29 is 19.0 Å². The molecule has 4 rings (SSSR count). The van der Waals surface area contributed by atoms with Crippen LogP contribution in [0.2, 0.25) is 0 Å². The van der Waals surface area contributed by atoms with E-state index in [1.165, 1.54) is 0 Å². The van der Waals surface area contributed by atoms with Crippen molar-refractivity contribution in [3.05, 3.63) is 29.8 Å². The number of ether oxygens (including phenoxy) is 3. The zero-order valence-electron chi connectivity index (χ0n) is 13.1. The molecule has 8 nitrogen and oxygen atoms in total. The SMILES string of the molecule is NC(=O)Cc1nc([C@@H]2CCCO2)n(-c2ccc3c(c2)OCCO3)n1. The topological polar surface area (TPSA) is 101 Å². The first-order valence-electron chi connectivity index (χ1n) is 7.96. The van der Waals surface area contributed by atoms with Gasteiger partial charge in [0.1, 0.15) is 19.3 Å². The second kappa shape index (κ2) is 6.12. The molecule has 2 aromatic rings. The first kappa shape index (κ1) is 14.9. The van der Waals surface area contributed by atoms with Crippen molar-refractivity contribution in [3.63, 3.8) is 0 Å². The normalized spacial score (nSPS) is 19.4. The molecule has 2 aliphatic rings. The molecule has 2 aliphatic heterocycles. The Morgan fingerprint density at radius 1 is 1.25 bits per heavy atom. The maximum atomic E-state index is 11.2. The summed E-state index contributed by atoms with van der Waals surface area (Å²) in [5, 5.41) is 4.44. The third-order valence-corrected chi connectivity index (χ3v) is 4.00. The minimum absolute atomic E-state index is 0.00271. The Labute approximate surface area is 138 Å². The van der Waals surface area contributed by atoms with Gasteiger partial charge < -0.3 is 19.9 Å². The summed E-state index contributed by atoms with van der Waals surface area (Å²) in [6, 6.07) is 5.59. The lowest BCUT2D eigenvalue weighted by atomic mass is 10.2. The van der Waals surface area contributed by atoms with Crippen LogP contribution in [0.1, 0.15) is 30.6 Å². The molecule has 0 spiro atoms. The standard InChI is InChI=1S/C16H18N4O4/c17-14(21)9-15-18-16(12-2-1-5-22-12)20(19-15)10-3-4-11-13(8-10)24-7-6-23-11/h3-4,8,12H,1-2,5-7,9H2,(H2,17,21)/t12-/m0/s1. The number of primary amides is 1. The number of aromatic nitrogens is 3. The minimum atomic E-state index is -0.465. The predicted octanol–water partition coefficient (Wildman–Crippen LogP) is 0.918. The second-order valence-corrected chi connectivity index (χ2v) is 5.77. The van der Waals surface area contributed by atoms with Crippen molar-refractivity contribution in [2.45, 2.75) is 25.4 Å². The van der Waals surface area contributed by atoms with E-state index in [9.17, 15) is 4.79 Å². The summed E-state index contributed by atoms with van der Waals surface area (Å²) < 4.78 is 18.6. The van der Waals surface area contributed by atoms with E-state index in [1.54, 1.807) is 4.68 Å². The van der Waals surface area contributed by atoms with Gasteiger partial charge in [0.15, 0.2) is 23.1 Å². The highest BCUT2D eigenvalue weighted by Crippen LogP contribution is 2.34. The van der Waals surface area contributed by atoms with Gasteiger partial charge in [-0.15, -0.1) is 0 Å². The molecule has 0 unspecified atom stereocenters. The summed E-state index contributed by atoms with van der Waals surface area (Å²) in [5.41, 5.74) is 6.06. The molecule has 1 atom stereocenters. The largest absolute Gasteiger partial charge is 0.486 e. The average Bonchev–Trinajstić information content (AvgIpc) is 3.23. The molecule has 0 aliphatic carbocycles. The molecular weight excluding hydrogens is 312 g/mol. The van der Waals surface area contributed by atoms with Gasteiger partial charge in [-0.05, 0) is 25.0 Å². The number of carbonyl (C=O) groups excluding carboxylic acids is 1. The highest BCUT2D eigenvalue weighted by molar-refractivity contribution is 5.75. The van der Waals surface area contributed by atoms with Crippen LogP contribution < -0.4 is 15.2 Å². The second-order valence-electron chi connectivity index (χ2n) is 5.77. The van der Waals surface area contributed by atoms with E-state index in [2.05, 4.69) is 10.1 Å². The fourth-order valence-corrected chi connectivity index (χ4v) is 2.94. The summed E-state index contributed by atoms with van der Waals surface area (Å²) in [6.07, 6.45) is 1.72.